The summed E-state index contributed by atoms with van der Waals surface area (Å²) in [5.74, 6) is 2.54. The van der Waals surface area contributed by atoms with Gasteiger partial charge in [-0.3, -0.25) is 0 Å². The van der Waals surface area contributed by atoms with E-state index in [0.717, 1.165) is 42.5 Å². The fraction of sp³-hybridized carbons (Fsp3) is 0.444. The molecule has 22 heavy (non-hydrogen) atoms. The molecule has 0 amide bonds. The molecule has 1 aromatic heterocycles. The molecule has 0 atom stereocenters. The average Bonchev–Trinajstić information content (AvgIpc) is 2.57. The molecule has 0 aliphatic heterocycles. The van der Waals surface area contributed by atoms with Gasteiger partial charge in [0.25, 0.3) is 0 Å². The van der Waals surface area contributed by atoms with Crippen LogP contribution in [0.4, 0.5) is 11.6 Å². The second-order valence-corrected chi connectivity index (χ2v) is 5.39. The highest BCUT2D eigenvalue weighted by molar-refractivity contribution is 5.61. The van der Waals surface area contributed by atoms with Gasteiger partial charge in [-0.15, -0.1) is 0 Å². The molecule has 0 spiro atoms. The monoisotopic (exact) mass is 298 g/mol. The minimum Gasteiger partial charge on any atom is -0.370 e. The summed E-state index contributed by atoms with van der Waals surface area (Å²) in [4.78, 5) is 9.27. The van der Waals surface area contributed by atoms with Crippen LogP contribution < -0.4 is 10.6 Å². The number of hydrogen-bond acceptors (Lipinski definition) is 4. The first-order valence-electron chi connectivity index (χ1n) is 8.25. The summed E-state index contributed by atoms with van der Waals surface area (Å²) in [5, 5.41) is 6.77. The van der Waals surface area contributed by atoms with Gasteiger partial charge in [0.05, 0.1) is 0 Å². The van der Waals surface area contributed by atoms with E-state index in [0.29, 0.717) is 0 Å². The van der Waals surface area contributed by atoms with Crippen molar-refractivity contribution in [3.63, 3.8) is 0 Å². The molecular weight excluding hydrogens is 272 g/mol. The van der Waals surface area contributed by atoms with E-state index in [1.807, 2.05) is 36.4 Å². The van der Waals surface area contributed by atoms with Crippen molar-refractivity contribution in [3.05, 3.63) is 36.4 Å². The van der Waals surface area contributed by atoms with Crippen molar-refractivity contribution < 1.29 is 0 Å². The molecule has 4 heteroatoms. The summed E-state index contributed by atoms with van der Waals surface area (Å²) in [7, 11) is 0. The third-order valence-electron chi connectivity index (χ3n) is 3.40. The van der Waals surface area contributed by atoms with Crippen molar-refractivity contribution in [2.24, 2.45) is 0 Å². The second-order valence-electron chi connectivity index (χ2n) is 5.39. The van der Waals surface area contributed by atoms with Crippen molar-refractivity contribution >= 4 is 11.6 Å². The van der Waals surface area contributed by atoms with Crippen LogP contribution in [0.1, 0.15) is 39.5 Å². The van der Waals surface area contributed by atoms with Crippen LogP contribution in [0.15, 0.2) is 36.4 Å². The van der Waals surface area contributed by atoms with Gasteiger partial charge in [-0.25, -0.2) is 9.97 Å². The Morgan fingerprint density at radius 1 is 0.818 bits per heavy atom. The zero-order valence-electron chi connectivity index (χ0n) is 13.6. The Morgan fingerprint density at radius 3 is 2.14 bits per heavy atom. The van der Waals surface area contributed by atoms with Gasteiger partial charge in [0.1, 0.15) is 11.6 Å². The van der Waals surface area contributed by atoms with Crippen LogP contribution >= 0.6 is 0 Å². The molecule has 0 bridgehead atoms. The van der Waals surface area contributed by atoms with Crippen LogP contribution in [0, 0.1) is 0 Å². The predicted octanol–water partition coefficient (Wildman–Crippen LogP) is 4.57. The Morgan fingerprint density at radius 2 is 1.50 bits per heavy atom. The highest BCUT2D eigenvalue weighted by Crippen LogP contribution is 2.20. The van der Waals surface area contributed by atoms with Crippen LogP contribution in [0.3, 0.4) is 0 Å². The number of benzene rings is 1. The smallest absolute Gasteiger partial charge is 0.163 e. The van der Waals surface area contributed by atoms with Crippen LogP contribution in [0.2, 0.25) is 0 Å². The van der Waals surface area contributed by atoms with E-state index in [9.17, 15) is 0 Å². The molecule has 0 radical (unpaired) electrons. The number of unbranched alkanes of at least 4 members (excludes halogenated alkanes) is 2. The molecule has 0 aliphatic rings. The summed E-state index contributed by atoms with van der Waals surface area (Å²) in [6.07, 6.45) is 4.71. The molecule has 0 fully saturated rings. The Labute approximate surface area is 133 Å². The number of anilines is 2. The lowest BCUT2D eigenvalue weighted by Gasteiger charge is -2.11. The molecule has 0 aliphatic carbocycles. The van der Waals surface area contributed by atoms with Gasteiger partial charge >= 0.3 is 0 Å². The minimum atomic E-state index is 0.764. The number of aromatic nitrogens is 2. The maximum Gasteiger partial charge on any atom is 0.163 e. The van der Waals surface area contributed by atoms with E-state index in [1.54, 1.807) is 0 Å². The Balaban J connectivity index is 2.17. The SMILES string of the molecule is CCCCCNc1cc(NCCC)nc(-c2ccccc2)n1. The predicted molar refractivity (Wildman–Crippen MR) is 94.3 cm³/mol. The number of rotatable bonds is 9. The first-order valence-corrected chi connectivity index (χ1v) is 8.25. The maximum atomic E-state index is 4.65. The lowest BCUT2D eigenvalue weighted by molar-refractivity contribution is 0.742. The van der Waals surface area contributed by atoms with Gasteiger partial charge in [0, 0.05) is 24.7 Å². The maximum absolute atomic E-state index is 4.65. The largest absolute Gasteiger partial charge is 0.370 e. The summed E-state index contributed by atoms with van der Waals surface area (Å²) < 4.78 is 0. The first kappa shape index (κ1) is 16.3. The molecule has 2 aromatic rings. The summed E-state index contributed by atoms with van der Waals surface area (Å²) >= 11 is 0. The molecular formula is C18H26N4. The molecule has 118 valence electrons. The van der Waals surface area contributed by atoms with Crippen molar-refractivity contribution in [1.29, 1.82) is 0 Å². The fourth-order valence-electron chi connectivity index (χ4n) is 2.19. The number of hydrogen-bond donors (Lipinski definition) is 2. The molecule has 2 rings (SSSR count). The van der Waals surface area contributed by atoms with Crippen LogP contribution in [0.25, 0.3) is 11.4 Å². The quantitative estimate of drug-likeness (QED) is 0.666. The van der Waals surface area contributed by atoms with E-state index >= 15 is 0 Å². The molecule has 0 saturated heterocycles. The zero-order chi connectivity index (χ0) is 15.6. The van der Waals surface area contributed by atoms with E-state index in [4.69, 9.17) is 0 Å². The van der Waals surface area contributed by atoms with Gasteiger partial charge in [-0.2, -0.15) is 0 Å². The van der Waals surface area contributed by atoms with Crippen molar-refractivity contribution in [3.8, 4) is 11.4 Å². The Kier molecular flexibility index (Phi) is 6.68. The van der Waals surface area contributed by atoms with Crippen LogP contribution in [-0.2, 0) is 0 Å². The number of nitrogens with zero attached hydrogens (tertiary/aromatic N) is 2. The summed E-state index contributed by atoms with van der Waals surface area (Å²) in [6, 6.07) is 12.1. The minimum absolute atomic E-state index is 0.764. The molecule has 2 N–H and O–H groups in total. The molecule has 0 unspecified atom stereocenters. The fourth-order valence-corrected chi connectivity index (χ4v) is 2.19. The van der Waals surface area contributed by atoms with E-state index < -0.39 is 0 Å². The average molecular weight is 298 g/mol. The highest BCUT2D eigenvalue weighted by Gasteiger charge is 2.06. The topological polar surface area (TPSA) is 49.8 Å². The van der Waals surface area contributed by atoms with Crippen LogP contribution in [-0.4, -0.2) is 23.1 Å². The van der Waals surface area contributed by atoms with Crippen molar-refractivity contribution in [1.82, 2.24) is 9.97 Å². The van der Waals surface area contributed by atoms with Gasteiger partial charge < -0.3 is 10.6 Å². The van der Waals surface area contributed by atoms with Crippen LogP contribution in [0.5, 0.6) is 0 Å². The van der Waals surface area contributed by atoms with Crippen molar-refractivity contribution in [2.75, 3.05) is 23.7 Å². The standard InChI is InChI=1S/C18H26N4/c1-3-5-9-13-20-17-14-16(19-12-4-2)21-18(22-17)15-10-7-6-8-11-15/h6-8,10-11,14H,3-5,9,12-13H2,1-2H3,(H2,19,20,21,22). The zero-order valence-corrected chi connectivity index (χ0v) is 13.6. The Hall–Kier alpha value is -2.10. The highest BCUT2D eigenvalue weighted by atomic mass is 15.1. The van der Waals surface area contributed by atoms with Gasteiger partial charge in [0.2, 0.25) is 0 Å². The van der Waals surface area contributed by atoms with E-state index in [-0.39, 0.29) is 0 Å². The van der Waals surface area contributed by atoms with Gasteiger partial charge in [-0.05, 0) is 12.8 Å². The van der Waals surface area contributed by atoms with E-state index in [1.165, 1.54) is 19.3 Å². The normalized spacial score (nSPS) is 10.5. The summed E-state index contributed by atoms with van der Waals surface area (Å²) in [5.41, 5.74) is 1.04. The third-order valence-corrected chi connectivity index (χ3v) is 3.40. The lowest BCUT2D eigenvalue weighted by atomic mass is 10.2. The third kappa shape index (κ3) is 5.02. The first-order chi connectivity index (χ1) is 10.8. The second kappa shape index (κ2) is 9.03. The Bertz CT molecular complexity index is 554. The van der Waals surface area contributed by atoms with Crippen molar-refractivity contribution in [2.45, 2.75) is 39.5 Å². The van der Waals surface area contributed by atoms with Gasteiger partial charge in [0.15, 0.2) is 5.82 Å². The molecule has 1 aromatic carbocycles. The van der Waals surface area contributed by atoms with E-state index in [2.05, 4.69) is 34.4 Å². The molecule has 4 nitrogen and oxygen atoms in total. The summed E-state index contributed by atoms with van der Waals surface area (Å²) in [6.45, 7) is 6.23. The number of nitrogens with one attached hydrogen (secondary N) is 2. The lowest BCUT2D eigenvalue weighted by Crippen LogP contribution is -2.08. The molecule has 1 heterocycles. The van der Waals surface area contributed by atoms with Gasteiger partial charge in [-0.1, -0.05) is 57.0 Å². The molecule has 0 saturated carbocycles.